The number of anilines is 1. The van der Waals surface area contributed by atoms with Crippen LogP contribution in [0.2, 0.25) is 0 Å². The molecule has 0 aliphatic heterocycles. The van der Waals surface area contributed by atoms with E-state index in [1.165, 1.54) is 22.3 Å². The van der Waals surface area contributed by atoms with Crippen molar-refractivity contribution >= 4 is 34.3 Å². The van der Waals surface area contributed by atoms with Crippen molar-refractivity contribution < 1.29 is 14.3 Å². The Morgan fingerprint density at radius 1 is 1.40 bits per heavy atom. The van der Waals surface area contributed by atoms with E-state index in [1.807, 2.05) is 13.2 Å². The summed E-state index contributed by atoms with van der Waals surface area (Å²) in [6.45, 7) is 2.10. The summed E-state index contributed by atoms with van der Waals surface area (Å²) in [6, 6.07) is 0. The number of hydrogen-bond acceptors (Lipinski definition) is 5. The van der Waals surface area contributed by atoms with Crippen LogP contribution in [-0.2, 0) is 29.4 Å². The number of carbonyl (C=O) groups excluding carboxylic acids is 2. The number of hydrogen-bond donors (Lipinski definition) is 1. The van der Waals surface area contributed by atoms with Gasteiger partial charge in [0.2, 0.25) is 5.91 Å². The second-order valence-electron chi connectivity index (χ2n) is 5.91. The number of aromatic nitrogens is 2. The van der Waals surface area contributed by atoms with Crippen molar-refractivity contribution in [3.8, 4) is 0 Å². The highest BCUT2D eigenvalue weighted by Gasteiger charge is 2.26. The van der Waals surface area contributed by atoms with E-state index in [2.05, 4.69) is 10.4 Å². The first-order valence-electron chi connectivity index (χ1n) is 8.38. The molecule has 0 spiro atoms. The molecule has 132 valence electrons. The molecule has 1 aliphatic carbocycles. The molecule has 0 saturated carbocycles. The van der Waals surface area contributed by atoms with Gasteiger partial charge in [0.15, 0.2) is 0 Å². The maximum atomic E-state index is 12.4. The van der Waals surface area contributed by atoms with E-state index in [1.54, 1.807) is 23.9 Å². The van der Waals surface area contributed by atoms with E-state index in [0.717, 1.165) is 36.8 Å². The Kier molecular flexibility index (Phi) is 5.33. The summed E-state index contributed by atoms with van der Waals surface area (Å²) >= 11 is 1.49. The minimum absolute atomic E-state index is 0.270. The fraction of sp³-hybridized carbons (Fsp3) is 0.389. The van der Waals surface area contributed by atoms with Crippen LogP contribution in [0.4, 0.5) is 5.00 Å². The Labute approximate surface area is 150 Å². The summed E-state index contributed by atoms with van der Waals surface area (Å²) in [5, 5.41) is 7.49. The highest BCUT2D eigenvalue weighted by atomic mass is 32.1. The number of rotatable bonds is 5. The molecule has 0 radical (unpaired) electrons. The van der Waals surface area contributed by atoms with Crippen LogP contribution < -0.4 is 5.32 Å². The van der Waals surface area contributed by atoms with Gasteiger partial charge in [0.05, 0.1) is 18.4 Å². The molecule has 2 heterocycles. The van der Waals surface area contributed by atoms with Crippen LogP contribution in [-0.4, -0.2) is 28.3 Å². The average Bonchev–Trinajstić information content (AvgIpc) is 3.16. The van der Waals surface area contributed by atoms with E-state index >= 15 is 0 Å². The number of carbonyl (C=O) groups is 2. The van der Waals surface area contributed by atoms with Gasteiger partial charge in [-0.15, -0.1) is 11.3 Å². The van der Waals surface area contributed by atoms with Gasteiger partial charge in [-0.05, 0) is 44.2 Å². The molecule has 0 bridgehead atoms. The Morgan fingerprint density at radius 3 is 2.92 bits per heavy atom. The van der Waals surface area contributed by atoms with Crippen LogP contribution in [0.1, 0.15) is 46.1 Å². The first kappa shape index (κ1) is 17.4. The van der Waals surface area contributed by atoms with Crippen LogP contribution >= 0.6 is 11.3 Å². The monoisotopic (exact) mass is 359 g/mol. The number of nitrogens with one attached hydrogen (secondary N) is 1. The molecule has 3 rings (SSSR count). The van der Waals surface area contributed by atoms with E-state index in [0.29, 0.717) is 17.2 Å². The SMILES string of the molecule is CCOC(=O)c1c(NC(=O)/C=C\c2cnn(C)c2)sc2c1CCCC2. The minimum Gasteiger partial charge on any atom is -0.462 e. The van der Waals surface area contributed by atoms with E-state index in [4.69, 9.17) is 4.74 Å². The first-order chi connectivity index (χ1) is 12.1. The Morgan fingerprint density at radius 2 is 2.20 bits per heavy atom. The lowest BCUT2D eigenvalue weighted by molar-refractivity contribution is -0.111. The lowest BCUT2D eigenvalue weighted by Gasteiger charge is -2.12. The van der Waals surface area contributed by atoms with Gasteiger partial charge in [0.25, 0.3) is 0 Å². The first-order valence-corrected chi connectivity index (χ1v) is 9.19. The predicted octanol–water partition coefficient (Wildman–Crippen LogP) is 3.19. The molecule has 0 fully saturated rings. The fourth-order valence-corrected chi connectivity index (χ4v) is 4.21. The molecule has 0 aromatic carbocycles. The summed E-state index contributed by atoms with van der Waals surface area (Å²) in [5.41, 5.74) is 2.42. The predicted molar refractivity (Wildman–Crippen MR) is 97.8 cm³/mol. The molecule has 0 atom stereocenters. The molecule has 1 N–H and O–H groups in total. The number of aryl methyl sites for hydroxylation is 2. The van der Waals surface area contributed by atoms with Gasteiger partial charge in [-0.25, -0.2) is 4.79 Å². The normalized spacial score (nSPS) is 13.7. The number of nitrogens with zero attached hydrogens (tertiary/aromatic N) is 2. The van der Waals surface area contributed by atoms with Crippen molar-refractivity contribution in [2.24, 2.45) is 7.05 Å². The summed E-state index contributed by atoms with van der Waals surface area (Å²) in [6.07, 6.45) is 10.6. The van der Waals surface area contributed by atoms with E-state index in [-0.39, 0.29) is 11.9 Å². The zero-order valence-electron chi connectivity index (χ0n) is 14.4. The third-order valence-electron chi connectivity index (χ3n) is 4.04. The molecule has 0 saturated heterocycles. The average molecular weight is 359 g/mol. The third kappa shape index (κ3) is 3.99. The zero-order valence-corrected chi connectivity index (χ0v) is 15.2. The third-order valence-corrected chi connectivity index (χ3v) is 5.25. The molecule has 2 aromatic rings. The van der Waals surface area contributed by atoms with E-state index < -0.39 is 0 Å². The smallest absolute Gasteiger partial charge is 0.341 e. The van der Waals surface area contributed by atoms with Gasteiger partial charge in [0, 0.05) is 29.8 Å². The highest BCUT2D eigenvalue weighted by Crippen LogP contribution is 2.38. The quantitative estimate of drug-likeness (QED) is 0.657. The second kappa shape index (κ2) is 7.65. The topological polar surface area (TPSA) is 73.2 Å². The minimum atomic E-state index is -0.353. The molecule has 7 heteroatoms. The number of ether oxygens (including phenoxy) is 1. The largest absolute Gasteiger partial charge is 0.462 e. The maximum Gasteiger partial charge on any atom is 0.341 e. The number of amides is 1. The highest BCUT2D eigenvalue weighted by molar-refractivity contribution is 7.17. The van der Waals surface area contributed by atoms with Crippen LogP contribution in [0, 0.1) is 0 Å². The number of fused-ring (bicyclic) bond motifs is 1. The van der Waals surface area contributed by atoms with Crippen molar-refractivity contribution in [2.75, 3.05) is 11.9 Å². The molecular weight excluding hydrogens is 338 g/mol. The number of thiophene rings is 1. The van der Waals surface area contributed by atoms with Gasteiger partial charge in [-0.2, -0.15) is 5.10 Å². The Balaban J connectivity index is 1.81. The van der Waals surface area contributed by atoms with Gasteiger partial charge < -0.3 is 10.1 Å². The molecule has 6 nitrogen and oxygen atoms in total. The fourth-order valence-electron chi connectivity index (χ4n) is 2.92. The summed E-state index contributed by atoms with van der Waals surface area (Å²) in [7, 11) is 1.82. The molecule has 25 heavy (non-hydrogen) atoms. The standard InChI is InChI=1S/C18H21N3O3S/c1-3-24-18(23)16-13-6-4-5-7-14(13)25-17(16)20-15(22)9-8-12-10-19-21(2)11-12/h8-11H,3-7H2,1-2H3,(H,20,22)/b9-8-. The van der Waals surface area contributed by atoms with Crippen molar-refractivity contribution in [2.45, 2.75) is 32.6 Å². The van der Waals surface area contributed by atoms with Crippen LogP contribution in [0.3, 0.4) is 0 Å². The van der Waals surface area contributed by atoms with Gasteiger partial charge in [-0.3, -0.25) is 9.48 Å². The van der Waals surface area contributed by atoms with Crippen LogP contribution in [0.25, 0.3) is 6.08 Å². The molecule has 1 aliphatic rings. The lowest BCUT2D eigenvalue weighted by atomic mass is 9.95. The van der Waals surface area contributed by atoms with Crippen molar-refractivity contribution in [1.29, 1.82) is 0 Å². The lowest BCUT2D eigenvalue weighted by Crippen LogP contribution is -2.14. The zero-order chi connectivity index (χ0) is 17.8. The van der Waals surface area contributed by atoms with E-state index in [9.17, 15) is 9.59 Å². The van der Waals surface area contributed by atoms with Crippen LogP contribution in [0.15, 0.2) is 18.5 Å². The van der Waals surface area contributed by atoms with Crippen LogP contribution in [0.5, 0.6) is 0 Å². The van der Waals surface area contributed by atoms with Gasteiger partial charge >= 0.3 is 5.97 Å². The number of esters is 1. The van der Waals surface area contributed by atoms with Gasteiger partial charge in [-0.1, -0.05) is 0 Å². The molecule has 2 aromatic heterocycles. The molecule has 1 amide bonds. The van der Waals surface area contributed by atoms with Crippen molar-refractivity contribution in [3.05, 3.63) is 40.0 Å². The van der Waals surface area contributed by atoms with Crippen molar-refractivity contribution in [3.63, 3.8) is 0 Å². The van der Waals surface area contributed by atoms with Gasteiger partial charge in [0.1, 0.15) is 5.00 Å². The second-order valence-corrected chi connectivity index (χ2v) is 7.01. The summed E-state index contributed by atoms with van der Waals surface area (Å²) in [5.74, 6) is -0.624. The summed E-state index contributed by atoms with van der Waals surface area (Å²) < 4.78 is 6.86. The molecular formula is C18H21N3O3S. The summed E-state index contributed by atoms with van der Waals surface area (Å²) in [4.78, 5) is 25.8. The maximum absolute atomic E-state index is 12.4. The Bertz CT molecular complexity index is 820. The van der Waals surface area contributed by atoms with Crippen molar-refractivity contribution in [1.82, 2.24) is 9.78 Å². The Hall–Kier alpha value is -2.41. The molecule has 0 unspecified atom stereocenters.